The Morgan fingerprint density at radius 2 is 1.95 bits per heavy atom. The molecule has 3 fully saturated rings. The largest absolute Gasteiger partial charge is 0.478 e. The second kappa shape index (κ2) is 4.86. The molecule has 0 amide bonds. The van der Waals surface area contributed by atoms with Gasteiger partial charge in [-0.1, -0.05) is 6.42 Å². The van der Waals surface area contributed by atoms with Crippen LogP contribution in [0.4, 0.5) is 5.69 Å². The quantitative estimate of drug-likeness (QED) is 0.833. The topological polar surface area (TPSA) is 61.7 Å². The van der Waals surface area contributed by atoms with Crippen LogP contribution in [0.5, 0.6) is 0 Å². The van der Waals surface area contributed by atoms with Crippen LogP contribution in [0.2, 0.25) is 0 Å². The number of carboxylic acids is 1. The first-order valence-electron chi connectivity index (χ1n) is 7.88. The van der Waals surface area contributed by atoms with Crippen LogP contribution in [-0.4, -0.2) is 16.8 Å². The predicted molar refractivity (Wildman–Crippen MR) is 81.5 cm³/mol. The number of anilines is 1. The molecule has 1 aromatic carbocycles. The van der Waals surface area contributed by atoms with Crippen LogP contribution in [-0.2, 0) is 0 Å². The van der Waals surface area contributed by atoms with Gasteiger partial charge in [-0.15, -0.1) is 0 Å². The van der Waals surface area contributed by atoms with E-state index in [0.717, 1.165) is 29.9 Å². The Hall–Kier alpha value is -1.84. The molecule has 4 heteroatoms. The molecule has 3 saturated carbocycles. The van der Waals surface area contributed by atoms with Crippen LogP contribution >= 0.6 is 0 Å². The second-order valence-electron chi connectivity index (χ2n) is 6.66. The van der Waals surface area contributed by atoms with E-state index >= 15 is 0 Å². The number of hydrazone groups is 1. The number of nitrogens with one attached hydrogen (secondary N) is 1. The van der Waals surface area contributed by atoms with Gasteiger partial charge in [-0.25, -0.2) is 4.79 Å². The molecule has 3 aliphatic rings. The van der Waals surface area contributed by atoms with E-state index in [9.17, 15) is 4.79 Å². The second-order valence-corrected chi connectivity index (χ2v) is 6.66. The van der Waals surface area contributed by atoms with Crippen LogP contribution in [0.25, 0.3) is 0 Å². The zero-order valence-electron chi connectivity index (χ0n) is 12.0. The minimum atomic E-state index is -0.895. The molecule has 0 spiro atoms. The SMILES string of the molecule is O=C(O)c1ccc(N/N=C2/C[C@H]3C[C@H]2[C@H]2CCC[C@H]32)cc1. The van der Waals surface area contributed by atoms with Crippen molar-refractivity contribution in [3.63, 3.8) is 0 Å². The fraction of sp³-hybridized carbons (Fsp3) is 0.529. The minimum absolute atomic E-state index is 0.307. The summed E-state index contributed by atoms with van der Waals surface area (Å²) in [7, 11) is 0. The highest BCUT2D eigenvalue weighted by atomic mass is 16.4. The Morgan fingerprint density at radius 3 is 2.71 bits per heavy atom. The Labute approximate surface area is 124 Å². The first-order chi connectivity index (χ1) is 10.2. The van der Waals surface area contributed by atoms with E-state index in [1.165, 1.54) is 31.4 Å². The van der Waals surface area contributed by atoms with E-state index < -0.39 is 5.97 Å². The number of aromatic carboxylic acids is 1. The molecular formula is C17H20N2O2. The fourth-order valence-electron chi connectivity index (χ4n) is 4.77. The number of benzene rings is 1. The third-order valence-corrected chi connectivity index (χ3v) is 5.66. The summed E-state index contributed by atoms with van der Waals surface area (Å²) in [5.41, 5.74) is 5.62. The lowest BCUT2D eigenvalue weighted by Gasteiger charge is -2.25. The zero-order valence-corrected chi connectivity index (χ0v) is 12.0. The molecule has 1 aromatic rings. The van der Waals surface area contributed by atoms with Crippen molar-refractivity contribution < 1.29 is 9.90 Å². The van der Waals surface area contributed by atoms with E-state index in [2.05, 4.69) is 10.5 Å². The van der Waals surface area contributed by atoms with Gasteiger partial charge in [0.25, 0.3) is 0 Å². The third kappa shape index (κ3) is 2.13. The highest BCUT2D eigenvalue weighted by Crippen LogP contribution is 2.57. The molecule has 4 nitrogen and oxygen atoms in total. The van der Waals surface area contributed by atoms with Gasteiger partial charge in [0, 0.05) is 11.6 Å². The molecule has 4 rings (SSSR count). The highest BCUT2D eigenvalue weighted by Gasteiger charge is 2.52. The summed E-state index contributed by atoms with van der Waals surface area (Å²) in [5.74, 6) is 2.54. The summed E-state index contributed by atoms with van der Waals surface area (Å²) >= 11 is 0. The van der Waals surface area contributed by atoms with Crippen LogP contribution in [0.15, 0.2) is 29.4 Å². The van der Waals surface area contributed by atoms with Crippen molar-refractivity contribution in [3.8, 4) is 0 Å². The van der Waals surface area contributed by atoms with Gasteiger partial charge in [-0.3, -0.25) is 5.43 Å². The van der Waals surface area contributed by atoms with Gasteiger partial charge in [-0.05, 0) is 67.7 Å². The number of carboxylic acid groups (broad SMARTS) is 1. The first-order valence-corrected chi connectivity index (χ1v) is 7.88. The van der Waals surface area contributed by atoms with E-state index in [4.69, 9.17) is 5.11 Å². The molecule has 0 unspecified atom stereocenters. The number of fused-ring (bicyclic) bond motifs is 5. The first kappa shape index (κ1) is 12.9. The summed E-state index contributed by atoms with van der Waals surface area (Å²) in [6.45, 7) is 0. The molecule has 3 aliphatic carbocycles. The minimum Gasteiger partial charge on any atom is -0.478 e. The standard InChI is InChI=1S/C17H20N2O2/c20-17(21)10-4-6-12(7-5-10)18-19-16-9-11-8-15(16)14-3-1-2-13(11)14/h4-7,11,13-15,18H,1-3,8-9H2,(H,20,21)/b19-16-/t11-,13-,14+,15+/m1/s1. The van der Waals surface area contributed by atoms with E-state index in [1.807, 2.05) is 0 Å². The molecule has 0 aliphatic heterocycles. The summed E-state index contributed by atoms with van der Waals surface area (Å²) in [4.78, 5) is 10.8. The van der Waals surface area contributed by atoms with Crippen LogP contribution in [0.1, 0.15) is 42.5 Å². The maximum atomic E-state index is 10.8. The molecule has 0 heterocycles. The average molecular weight is 284 g/mol. The molecular weight excluding hydrogens is 264 g/mol. The van der Waals surface area contributed by atoms with Crippen LogP contribution < -0.4 is 5.43 Å². The average Bonchev–Trinajstić information content (AvgIpc) is 3.17. The molecule has 4 atom stereocenters. The number of hydrogen-bond acceptors (Lipinski definition) is 3. The molecule has 2 bridgehead atoms. The van der Waals surface area contributed by atoms with Gasteiger partial charge in [0.05, 0.1) is 11.3 Å². The van der Waals surface area contributed by atoms with E-state index in [0.29, 0.717) is 11.5 Å². The fourth-order valence-corrected chi connectivity index (χ4v) is 4.77. The van der Waals surface area contributed by atoms with E-state index in [1.54, 1.807) is 24.3 Å². The molecule has 110 valence electrons. The smallest absolute Gasteiger partial charge is 0.335 e. The highest BCUT2D eigenvalue weighted by molar-refractivity contribution is 5.91. The number of rotatable bonds is 3. The van der Waals surface area contributed by atoms with Crippen molar-refractivity contribution in [1.29, 1.82) is 0 Å². The summed E-state index contributed by atoms with van der Waals surface area (Å²) in [5, 5.41) is 13.5. The van der Waals surface area contributed by atoms with Crippen LogP contribution in [0, 0.1) is 23.7 Å². The Kier molecular flexibility index (Phi) is 2.98. The van der Waals surface area contributed by atoms with Crippen molar-refractivity contribution in [3.05, 3.63) is 29.8 Å². The zero-order chi connectivity index (χ0) is 14.4. The maximum Gasteiger partial charge on any atom is 0.335 e. The molecule has 0 saturated heterocycles. The van der Waals surface area contributed by atoms with Crippen molar-refractivity contribution >= 4 is 17.4 Å². The van der Waals surface area contributed by atoms with Crippen molar-refractivity contribution in [2.45, 2.75) is 32.1 Å². The van der Waals surface area contributed by atoms with Crippen molar-refractivity contribution in [2.24, 2.45) is 28.8 Å². The molecule has 0 aromatic heterocycles. The Morgan fingerprint density at radius 1 is 1.19 bits per heavy atom. The van der Waals surface area contributed by atoms with Gasteiger partial charge in [0.2, 0.25) is 0 Å². The molecule has 21 heavy (non-hydrogen) atoms. The Bertz CT molecular complexity index is 593. The van der Waals surface area contributed by atoms with Gasteiger partial charge >= 0.3 is 5.97 Å². The summed E-state index contributed by atoms with van der Waals surface area (Å²) in [6.07, 6.45) is 6.72. The van der Waals surface area contributed by atoms with E-state index in [-0.39, 0.29) is 0 Å². The number of hydrogen-bond donors (Lipinski definition) is 2. The molecule has 0 radical (unpaired) electrons. The maximum absolute atomic E-state index is 10.8. The lowest BCUT2D eigenvalue weighted by atomic mass is 9.81. The van der Waals surface area contributed by atoms with Crippen LogP contribution in [0.3, 0.4) is 0 Å². The normalized spacial score (nSPS) is 35.1. The Balaban J connectivity index is 1.46. The third-order valence-electron chi connectivity index (χ3n) is 5.66. The molecule has 2 N–H and O–H groups in total. The number of carbonyl (C=O) groups is 1. The predicted octanol–water partition coefficient (Wildman–Crippen LogP) is 3.61. The van der Waals surface area contributed by atoms with Gasteiger partial charge in [0.1, 0.15) is 0 Å². The summed E-state index contributed by atoms with van der Waals surface area (Å²) < 4.78 is 0. The lowest BCUT2D eigenvalue weighted by Crippen LogP contribution is -2.25. The summed E-state index contributed by atoms with van der Waals surface area (Å²) in [6, 6.07) is 6.77. The number of nitrogens with zero attached hydrogens (tertiary/aromatic N) is 1. The van der Waals surface area contributed by atoms with Crippen molar-refractivity contribution in [1.82, 2.24) is 0 Å². The van der Waals surface area contributed by atoms with Gasteiger partial charge in [-0.2, -0.15) is 5.10 Å². The van der Waals surface area contributed by atoms with Gasteiger partial charge in [0.15, 0.2) is 0 Å². The lowest BCUT2D eigenvalue weighted by molar-refractivity contribution is 0.0697. The monoisotopic (exact) mass is 284 g/mol. The van der Waals surface area contributed by atoms with Crippen molar-refractivity contribution in [2.75, 3.05) is 5.43 Å². The van der Waals surface area contributed by atoms with Gasteiger partial charge < -0.3 is 5.11 Å².